The van der Waals surface area contributed by atoms with Crippen molar-refractivity contribution >= 4 is 6.41 Å². The molecule has 0 bridgehead atoms. The maximum absolute atomic E-state index is 10.7. The average Bonchev–Trinajstić information content (AvgIpc) is 2.48. The molecule has 0 radical (unpaired) electrons. The Balaban J connectivity index is 1.97. The normalized spacial score (nSPS) is 19.6. The van der Waals surface area contributed by atoms with Gasteiger partial charge in [-0.05, 0) is 24.5 Å². The summed E-state index contributed by atoms with van der Waals surface area (Å²) in [5.41, 5.74) is 1.38. The molecule has 1 atom stereocenters. The first-order valence-electron chi connectivity index (χ1n) is 7.28. The van der Waals surface area contributed by atoms with Gasteiger partial charge in [-0.2, -0.15) is 0 Å². The van der Waals surface area contributed by atoms with Crippen LogP contribution >= 0.6 is 0 Å². The predicted octanol–water partition coefficient (Wildman–Crippen LogP) is 1.23. The van der Waals surface area contributed by atoms with E-state index in [1.54, 1.807) is 4.90 Å². The summed E-state index contributed by atoms with van der Waals surface area (Å²) in [6.07, 6.45) is 1.91. The van der Waals surface area contributed by atoms with Crippen molar-refractivity contribution in [3.8, 4) is 0 Å². The van der Waals surface area contributed by atoms with E-state index in [2.05, 4.69) is 24.0 Å². The molecule has 1 unspecified atom stereocenters. The Morgan fingerprint density at radius 3 is 2.30 bits per heavy atom. The molecule has 0 aromatic heterocycles. The van der Waals surface area contributed by atoms with Crippen molar-refractivity contribution in [3.63, 3.8) is 0 Å². The van der Waals surface area contributed by atoms with Gasteiger partial charge in [0.15, 0.2) is 0 Å². The first kappa shape index (κ1) is 15.0. The van der Waals surface area contributed by atoms with Gasteiger partial charge in [0, 0.05) is 32.7 Å². The Labute approximate surface area is 121 Å². The number of carbonyl (C=O) groups is 1. The summed E-state index contributed by atoms with van der Waals surface area (Å²) in [4.78, 5) is 14.7. The molecule has 1 aromatic rings. The van der Waals surface area contributed by atoms with E-state index in [1.807, 2.05) is 19.1 Å². The number of nitrogens with zero attached hydrogens (tertiary/aromatic N) is 2. The summed E-state index contributed by atoms with van der Waals surface area (Å²) in [7, 11) is 0. The fraction of sp³-hybridized carbons (Fsp3) is 0.562. The fourth-order valence-electron chi connectivity index (χ4n) is 2.65. The second kappa shape index (κ2) is 6.37. The van der Waals surface area contributed by atoms with Gasteiger partial charge in [-0.25, -0.2) is 0 Å². The Morgan fingerprint density at radius 1 is 1.20 bits per heavy atom. The van der Waals surface area contributed by atoms with E-state index in [0.717, 1.165) is 44.6 Å². The van der Waals surface area contributed by atoms with Gasteiger partial charge in [-0.3, -0.25) is 9.69 Å². The molecule has 0 aliphatic carbocycles. The first-order valence-corrected chi connectivity index (χ1v) is 7.28. The topological polar surface area (TPSA) is 43.8 Å². The Bertz CT molecular complexity index is 434. The molecule has 1 saturated heterocycles. The van der Waals surface area contributed by atoms with E-state index in [1.165, 1.54) is 5.56 Å². The van der Waals surface area contributed by atoms with Crippen LogP contribution in [0.1, 0.15) is 25.0 Å². The van der Waals surface area contributed by atoms with Gasteiger partial charge in [-0.15, -0.1) is 0 Å². The minimum atomic E-state index is -0.852. The van der Waals surface area contributed by atoms with E-state index in [4.69, 9.17) is 0 Å². The molecule has 4 heteroatoms. The van der Waals surface area contributed by atoms with Crippen LogP contribution in [0, 0.1) is 0 Å². The first-order chi connectivity index (χ1) is 9.55. The van der Waals surface area contributed by atoms with Crippen LogP contribution in [0.4, 0.5) is 0 Å². The molecule has 110 valence electrons. The van der Waals surface area contributed by atoms with Gasteiger partial charge in [0.25, 0.3) is 0 Å². The zero-order valence-corrected chi connectivity index (χ0v) is 12.4. The highest BCUT2D eigenvalue weighted by molar-refractivity contribution is 5.47. The third-order valence-corrected chi connectivity index (χ3v) is 4.07. The molecule has 20 heavy (non-hydrogen) atoms. The molecular formula is C16H24N2O2. The van der Waals surface area contributed by atoms with Crippen LogP contribution < -0.4 is 0 Å². The zero-order valence-electron chi connectivity index (χ0n) is 12.4. The van der Waals surface area contributed by atoms with E-state index < -0.39 is 5.60 Å². The van der Waals surface area contributed by atoms with Crippen molar-refractivity contribution < 1.29 is 9.90 Å². The number of carbonyl (C=O) groups excluding carboxylic acids is 1. The van der Waals surface area contributed by atoms with Gasteiger partial charge < -0.3 is 10.0 Å². The number of amides is 1. The Morgan fingerprint density at radius 2 is 1.80 bits per heavy atom. The average molecular weight is 276 g/mol. The third kappa shape index (κ3) is 3.58. The van der Waals surface area contributed by atoms with Gasteiger partial charge in [0.2, 0.25) is 6.41 Å². The number of benzene rings is 1. The lowest BCUT2D eigenvalue weighted by Gasteiger charge is -2.37. The lowest BCUT2D eigenvalue weighted by molar-refractivity contribution is -0.120. The van der Waals surface area contributed by atoms with E-state index in [0.29, 0.717) is 6.54 Å². The maximum Gasteiger partial charge on any atom is 0.209 e. The lowest BCUT2D eigenvalue weighted by atomic mass is 9.94. The molecule has 1 aliphatic heterocycles. The number of hydrogen-bond donors (Lipinski definition) is 1. The van der Waals surface area contributed by atoms with E-state index in [9.17, 15) is 9.90 Å². The second-order valence-electron chi connectivity index (χ2n) is 5.74. The number of hydrogen-bond acceptors (Lipinski definition) is 3. The van der Waals surface area contributed by atoms with Crippen LogP contribution in [0.5, 0.6) is 0 Å². The van der Waals surface area contributed by atoms with E-state index in [-0.39, 0.29) is 0 Å². The Kier molecular flexibility index (Phi) is 4.78. The van der Waals surface area contributed by atoms with Gasteiger partial charge in [-0.1, -0.05) is 31.2 Å². The summed E-state index contributed by atoms with van der Waals surface area (Å²) in [6.45, 7) is 7.72. The molecule has 1 aromatic carbocycles. The summed E-state index contributed by atoms with van der Waals surface area (Å²) in [6, 6.07) is 8.18. The molecule has 4 nitrogen and oxygen atoms in total. The van der Waals surface area contributed by atoms with Crippen molar-refractivity contribution in [2.45, 2.75) is 25.9 Å². The summed E-state index contributed by atoms with van der Waals surface area (Å²) >= 11 is 0. The van der Waals surface area contributed by atoms with Crippen molar-refractivity contribution in [1.82, 2.24) is 9.80 Å². The molecule has 0 saturated carbocycles. The third-order valence-electron chi connectivity index (χ3n) is 4.07. The van der Waals surface area contributed by atoms with Gasteiger partial charge in [0.1, 0.15) is 0 Å². The summed E-state index contributed by atoms with van der Waals surface area (Å²) in [5, 5.41) is 10.7. The lowest BCUT2D eigenvalue weighted by Crippen LogP contribution is -2.49. The molecule has 1 amide bonds. The van der Waals surface area contributed by atoms with Gasteiger partial charge in [0.05, 0.1) is 5.60 Å². The highest BCUT2D eigenvalue weighted by atomic mass is 16.3. The SMILES string of the molecule is CCc1ccc(C(C)(O)CN2CCN(C=O)CC2)cc1. The standard InChI is InChI=1S/C16H24N2O2/c1-3-14-4-6-15(7-5-14)16(2,20)12-17-8-10-18(13-19)11-9-17/h4-7,13,20H,3,8-12H2,1-2H3. The van der Waals surface area contributed by atoms with Gasteiger partial charge >= 0.3 is 0 Å². The number of piperazine rings is 1. The number of aliphatic hydroxyl groups is 1. The monoisotopic (exact) mass is 276 g/mol. The van der Waals surface area contributed by atoms with Crippen molar-refractivity contribution in [3.05, 3.63) is 35.4 Å². The molecule has 2 rings (SSSR count). The minimum Gasteiger partial charge on any atom is -0.384 e. The highest BCUT2D eigenvalue weighted by Crippen LogP contribution is 2.23. The molecule has 0 spiro atoms. The van der Waals surface area contributed by atoms with Crippen LogP contribution in [0.3, 0.4) is 0 Å². The van der Waals surface area contributed by atoms with E-state index >= 15 is 0 Å². The smallest absolute Gasteiger partial charge is 0.209 e. The second-order valence-corrected chi connectivity index (χ2v) is 5.74. The molecule has 1 aliphatic rings. The van der Waals surface area contributed by atoms with Crippen molar-refractivity contribution in [1.29, 1.82) is 0 Å². The quantitative estimate of drug-likeness (QED) is 0.823. The number of β-amino-alcohol motifs (C(OH)–C–C–N with tert-alkyl or cyclic N) is 1. The van der Waals surface area contributed by atoms with Crippen LogP contribution in [0.2, 0.25) is 0 Å². The fourth-order valence-corrected chi connectivity index (χ4v) is 2.65. The number of rotatable bonds is 5. The summed E-state index contributed by atoms with van der Waals surface area (Å²) in [5.74, 6) is 0. The maximum atomic E-state index is 10.7. The van der Waals surface area contributed by atoms with Crippen molar-refractivity contribution in [2.75, 3.05) is 32.7 Å². The molecule has 1 heterocycles. The van der Waals surface area contributed by atoms with Crippen LogP contribution in [0.25, 0.3) is 0 Å². The largest absolute Gasteiger partial charge is 0.384 e. The highest BCUT2D eigenvalue weighted by Gasteiger charge is 2.27. The minimum absolute atomic E-state index is 0.602. The predicted molar refractivity (Wildman–Crippen MR) is 79.5 cm³/mol. The summed E-state index contributed by atoms with van der Waals surface area (Å²) < 4.78 is 0. The van der Waals surface area contributed by atoms with Crippen molar-refractivity contribution in [2.24, 2.45) is 0 Å². The van der Waals surface area contributed by atoms with Crippen LogP contribution in [-0.2, 0) is 16.8 Å². The van der Waals surface area contributed by atoms with Crippen LogP contribution in [0.15, 0.2) is 24.3 Å². The molecule has 1 fully saturated rings. The zero-order chi connectivity index (χ0) is 14.6. The molecule has 1 N–H and O–H groups in total. The molecular weight excluding hydrogens is 252 g/mol. The van der Waals surface area contributed by atoms with Crippen LogP contribution in [-0.4, -0.2) is 54.0 Å². The number of aryl methyl sites for hydroxylation is 1. The Hall–Kier alpha value is -1.39.